The van der Waals surface area contributed by atoms with E-state index >= 15 is 0 Å². The lowest BCUT2D eigenvalue weighted by atomic mass is 9.94. The van der Waals surface area contributed by atoms with Crippen LogP contribution in [0.25, 0.3) is 5.76 Å². The highest BCUT2D eigenvalue weighted by molar-refractivity contribution is 9.10. The molecule has 1 amide bonds. The second-order valence-corrected chi connectivity index (χ2v) is 9.37. The predicted octanol–water partition coefficient (Wildman–Crippen LogP) is 4.70. The molecule has 0 unspecified atom stereocenters. The number of carbonyl (C=O) groups is 2. The molecule has 2 aliphatic rings. The van der Waals surface area contributed by atoms with Crippen molar-refractivity contribution in [3.05, 3.63) is 81.2 Å². The van der Waals surface area contributed by atoms with Crippen molar-refractivity contribution in [1.29, 1.82) is 0 Å². The van der Waals surface area contributed by atoms with Crippen LogP contribution in [0.4, 0.5) is 0 Å². The molecule has 3 heterocycles. The standard InChI is InChI=1S/C26H22BrNO7/c1-13-8-15-9-14(5-6-19(15)35-13)23(29)21-22(16-10-18(27)24(30)20(11-16)33-2)28(26(32)25(21)31)12-17-4-3-7-34-17/h3-7,9-11,13,22,29-30H,8,12H2,1-2H3/b23-21+/t13-,22-/m0/s1. The lowest BCUT2D eigenvalue weighted by Gasteiger charge is -2.25. The number of nitrogens with zero attached hydrogens (tertiary/aromatic N) is 1. The highest BCUT2D eigenvalue weighted by Gasteiger charge is 2.47. The van der Waals surface area contributed by atoms with Crippen LogP contribution in [0.3, 0.4) is 0 Å². The van der Waals surface area contributed by atoms with E-state index in [0.717, 1.165) is 11.3 Å². The second-order valence-electron chi connectivity index (χ2n) is 8.52. The molecule has 0 bridgehead atoms. The number of hydrogen-bond donors (Lipinski definition) is 2. The molecule has 0 radical (unpaired) electrons. The van der Waals surface area contributed by atoms with Crippen LogP contribution in [0.1, 0.15) is 35.4 Å². The Morgan fingerprint density at radius 2 is 2.03 bits per heavy atom. The third kappa shape index (κ3) is 3.95. The van der Waals surface area contributed by atoms with Gasteiger partial charge in [0, 0.05) is 12.0 Å². The minimum Gasteiger partial charge on any atom is -0.507 e. The molecule has 180 valence electrons. The molecule has 35 heavy (non-hydrogen) atoms. The van der Waals surface area contributed by atoms with E-state index in [-0.39, 0.29) is 35.5 Å². The molecule has 1 fully saturated rings. The Hall–Kier alpha value is -3.72. The molecule has 3 aromatic rings. The molecule has 5 rings (SSSR count). The zero-order chi connectivity index (χ0) is 24.9. The third-order valence-electron chi connectivity index (χ3n) is 6.20. The molecule has 2 atom stereocenters. The molecular formula is C26H22BrNO7. The van der Waals surface area contributed by atoms with Crippen LogP contribution in [0.5, 0.6) is 17.2 Å². The predicted molar refractivity (Wildman–Crippen MR) is 129 cm³/mol. The van der Waals surface area contributed by atoms with Crippen molar-refractivity contribution in [2.45, 2.75) is 32.0 Å². The lowest BCUT2D eigenvalue weighted by Crippen LogP contribution is -2.29. The number of benzene rings is 2. The number of phenolic OH excluding ortho intramolecular Hbond substituents is 1. The average Bonchev–Trinajstić information content (AvgIpc) is 3.54. The SMILES string of the molecule is COc1cc([C@H]2/C(=C(\O)c3ccc4c(c3)C[C@H](C)O4)C(=O)C(=O)N2Cc2ccco2)cc(Br)c1O. The Balaban J connectivity index is 1.68. The molecule has 8 nitrogen and oxygen atoms in total. The van der Waals surface area contributed by atoms with Gasteiger partial charge in [0.05, 0.1) is 36.0 Å². The summed E-state index contributed by atoms with van der Waals surface area (Å²) in [5, 5.41) is 21.7. The summed E-state index contributed by atoms with van der Waals surface area (Å²) in [4.78, 5) is 27.8. The summed E-state index contributed by atoms with van der Waals surface area (Å²) < 4.78 is 16.8. The van der Waals surface area contributed by atoms with E-state index in [0.29, 0.717) is 27.8 Å². The number of carbonyl (C=O) groups excluding carboxylic acids is 2. The van der Waals surface area contributed by atoms with Gasteiger partial charge in [0.1, 0.15) is 23.4 Å². The summed E-state index contributed by atoms with van der Waals surface area (Å²) >= 11 is 3.31. The summed E-state index contributed by atoms with van der Waals surface area (Å²) in [6.07, 6.45) is 2.17. The maximum atomic E-state index is 13.3. The van der Waals surface area contributed by atoms with Crippen molar-refractivity contribution in [1.82, 2.24) is 4.90 Å². The summed E-state index contributed by atoms with van der Waals surface area (Å²) in [6.45, 7) is 1.96. The van der Waals surface area contributed by atoms with Crippen molar-refractivity contribution in [2.24, 2.45) is 0 Å². The number of ketones is 1. The smallest absolute Gasteiger partial charge is 0.296 e. The van der Waals surface area contributed by atoms with Gasteiger partial charge in [0.2, 0.25) is 0 Å². The second kappa shape index (κ2) is 8.81. The molecular weight excluding hydrogens is 518 g/mol. The van der Waals surface area contributed by atoms with E-state index in [1.807, 2.05) is 6.92 Å². The van der Waals surface area contributed by atoms with Gasteiger partial charge in [-0.05, 0) is 76.4 Å². The number of aliphatic hydroxyl groups is 1. The molecule has 9 heteroatoms. The van der Waals surface area contributed by atoms with Crippen LogP contribution in [0.2, 0.25) is 0 Å². The zero-order valence-corrected chi connectivity index (χ0v) is 20.5. The number of ether oxygens (including phenoxy) is 2. The first-order valence-corrected chi connectivity index (χ1v) is 11.7. The van der Waals surface area contributed by atoms with Gasteiger partial charge in [-0.1, -0.05) is 0 Å². The normalized spacial score (nSPS) is 20.7. The van der Waals surface area contributed by atoms with E-state index in [4.69, 9.17) is 13.9 Å². The largest absolute Gasteiger partial charge is 0.507 e. The maximum absolute atomic E-state index is 13.3. The molecule has 0 aliphatic carbocycles. The van der Waals surface area contributed by atoms with Crippen LogP contribution < -0.4 is 9.47 Å². The van der Waals surface area contributed by atoms with E-state index in [1.165, 1.54) is 24.3 Å². The first-order valence-electron chi connectivity index (χ1n) is 11.0. The number of hydrogen-bond acceptors (Lipinski definition) is 7. The molecule has 1 saturated heterocycles. The Morgan fingerprint density at radius 1 is 1.23 bits per heavy atom. The Bertz CT molecular complexity index is 1360. The Kier molecular flexibility index (Phi) is 5.80. The summed E-state index contributed by atoms with van der Waals surface area (Å²) in [5.41, 5.74) is 1.73. The number of fused-ring (bicyclic) bond motifs is 1. The lowest BCUT2D eigenvalue weighted by molar-refractivity contribution is -0.140. The Labute approximate surface area is 209 Å². The van der Waals surface area contributed by atoms with Crippen molar-refractivity contribution in [2.75, 3.05) is 7.11 Å². The zero-order valence-electron chi connectivity index (χ0n) is 18.9. The third-order valence-corrected chi connectivity index (χ3v) is 6.81. The first kappa shape index (κ1) is 23.0. The molecule has 0 saturated carbocycles. The fraction of sp³-hybridized carbons (Fsp3) is 0.231. The van der Waals surface area contributed by atoms with Gasteiger partial charge in [-0.3, -0.25) is 9.59 Å². The molecule has 0 spiro atoms. The number of furan rings is 1. The van der Waals surface area contributed by atoms with Gasteiger partial charge >= 0.3 is 0 Å². The monoisotopic (exact) mass is 539 g/mol. The van der Waals surface area contributed by atoms with Crippen molar-refractivity contribution < 1.29 is 33.7 Å². The number of rotatable bonds is 5. The van der Waals surface area contributed by atoms with Crippen molar-refractivity contribution in [3.8, 4) is 17.2 Å². The highest BCUT2D eigenvalue weighted by Crippen LogP contribution is 2.45. The van der Waals surface area contributed by atoms with Gasteiger partial charge < -0.3 is 29.0 Å². The van der Waals surface area contributed by atoms with Crippen molar-refractivity contribution in [3.63, 3.8) is 0 Å². The summed E-state index contributed by atoms with van der Waals surface area (Å²) in [5.74, 6) is -0.627. The van der Waals surface area contributed by atoms with Gasteiger partial charge in [0.25, 0.3) is 11.7 Å². The quantitative estimate of drug-likeness (QED) is 0.274. The van der Waals surface area contributed by atoms with Crippen molar-refractivity contribution >= 4 is 33.4 Å². The van der Waals surface area contributed by atoms with Crippen LogP contribution in [-0.4, -0.2) is 40.0 Å². The number of amides is 1. The number of aliphatic hydroxyl groups excluding tert-OH is 1. The molecule has 2 N–H and O–H groups in total. The van der Waals surface area contributed by atoms with Gasteiger partial charge in [0.15, 0.2) is 11.5 Å². The van der Waals surface area contributed by atoms with Crippen LogP contribution in [0.15, 0.2) is 63.2 Å². The average molecular weight is 540 g/mol. The maximum Gasteiger partial charge on any atom is 0.296 e. The number of Topliss-reactive ketones (excluding diaryl/α,β-unsaturated/α-hetero) is 1. The Morgan fingerprint density at radius 3 is 2.74 bits per heavy atom. The van der Waals surface area contributed by atoms with E-state index in [9.17, 15) is 19.8 Å². The van der Waals surface area contributed by atoms with E-state index in [1.54, 1.807) is 36.4 Å². The number of phenols is 1. The van der Waals surface area contributed by atoms with Gasteiger partial charge in [-0.15, -0.1) is 0 Å². The van der Waals surface area contributed by atoms with Gasteiger partial charge in [-0.2, -0.15) is 0 Å². The minimum absolute atomic E-state index is 0.00930. The number of halogens is 1. The topological polar surface area (TPSA) is 109 Å². The molecule has 2 aliphatic heterocycles. The van der Waals surface area contributed by atoms with E-state index < -0.39 is 17.7 Å². The highest BCUT2D eigenvalue weighted by atomic mass is 79.9. The van der Waals surface area contributed by atoms with Crippen LogP contribution in [-0.2, 0) is 22.6 Å². The number of methoxy groups -OCH3 is 1. The van der Waals surface area contributed by atoms with Gasteiger partial charge in [-0.25, -0.2) is 0 Å². The molecule has 1 aromatic heterocycles. The summed E-state index contributed by atoms with van der Waals surface area (Å²) in [6, 6.07) is 10.8. The first-order chi connectivity index (χ1) is 16.8. The fourth-order valence-corrected chi connectivity index (χ4v) is 5.05. The summed E-state index contributed by atoms with van der Waals surface area (Å²) in [7, 11) is 1.40. The van der Waals surface area contributed by atoms with E-state index in [2.05, 4.69) is 15.9 Å². The van der Waals surface area contributed by atoms with Crippen LogP contribution >= 0.6 is 15.9 Å². The number of likely N-dealkylation sites (tertiary alicyclic amines) is 1. The molecule has 2 aromatic carbocycles. The van der Waals surface area contributed by atoms with Crippen LogP contribution in [0, 0.1) is 0 Å². The minimum atomic E-state index is -0.950. The number of aromatic hydroxyl groups is 1. The fourth-order valence-electron chi connectivity index (χ4n) is 4.59.